The highest BCUT2D eigenvalue weighted by molar-refractivity contribution is 5.97. The van der Waals surface area contributed by atoms with Gasteiger partial charge in [0.15, 0.2) is 5.54 Å². The molecule has 0 amide bonds. The Labute approximate surface area is 67.9 Å². The van der Waals surface area contributed by atoms with Crippen molar-refractivity contribution in [1.29, 1.82) is 0 Å². The number of hydrogen-bond acceptors (Lipinski definition) is 1. The normalized spacial score (nSPS) is 30.0. The van der Waals surface area contributed by atoms with Crippen LogP contribution in [0.5, 0.6) is 0 Å². The van der Waals surface area contributed by atoms with Crippen LogP contribution in [0.25, 0.3) is 0 Å². The lowest BCUT2D eigenvalue weighted by atomic mass is 9.91. The molecular weight excluding hydrogens is 138 g/mol. The van der Waals surface area contributed by atoms with E-state index in [0.29, 0.717) is 0 Å². The Morgan fingerprint density at radius 2 is 2.09 bits per heavy atom. The minimum atomic E-state index is -0.223. The molecule has 0 saturated carbocycles. The number of carbonyl (C=O) groups is 1. The molecule has 0 aromatic carbocycles. The zero-order valence-electron chi connectivity index (χ0n) is 7.69. The highest BCUT2D eigenvalue weighted by Gasteiger charge is 2.37. The van der Waals surface area contributed by atoms with Crippen LogP contribution in [0.4, 0.5) is 0 Å². The molecular formula is C9H16NO+. The molecule has 0 aliphatic carbocycles. The summed E-state index contributed by atoms with van der Waals surface area (Å²) in [7, 11) is 2.06. The van der Waals surface area contributed by atoms with Gasteiger partial charge in [-0.1, -0.05) is 0 Å². The summed E-state index contributed by atoms with van der Waals surface area (Å²) in [6, 6.07) is 0. The van der Waals surface area contributed by atoms with Gasteiger partial charge in [-0.05, 0) is 32.4 Å². The van der Waals surface area contributed by atoms with E-state index in [1.807, 2.05) is 20.8 Å². The van der Waals surface area contributed by atoms with Crippen molar-refractivity contribution >= 4 is 5.78 Å². The Hall–Kier alpha value is -0.630. The van der Waals surface area contributed by atoms with Crippen molar-refractivity contribution in [2.75, 3.05) is 13.6 Å². The lowest BCUT2D eigenvalue weighted by Gasteiger charge is -2.33. The van der Waals surface area contributed by atoms with Crippen molar-refractivity contribution in [3.63, 3.8) is 0 Å². The first-order valence-corrected chi connectivity index (χ1v) is 3.99. The summed E-state index contributed by atoms with van der Waals surface area (Å²) < 4.78 is 0. The van der Waals surface area contributed by atoms with Crippen LogP contribution in [0.3, 0.4) is 0 Å². The van der Waals surface area contributed by atoms with E-state index in [0.717, 1.165) is 6.54 Å². The van der Waals surface area contributed by atoms with Gasteiger partial charge in [0.25, 0.3) is 0 Å². The summed E-state index contributed by atoms with van der Waals surface area (Å²) >= 11 is 0. The Kier molecular flexibility index (Phi) is 1.89. The molecule has 0 saturated heterocycles. The van der Waals surface area contributed by atoms with Crippen LogP contribution in [0.15, 0.2) is 11.6 Å². The summed E-state index contributed by atoms with van der Waals surface area (Å²) in [6.07, 6.45) is 1.77. The third-order valence-corrected chi connectivity index (χ3v) is 2.60. The summed E-state index contributed by atoms with van der Waals surface area (Å²) in [5.74, 6) is 0.249. The average molecular weight is 154 g/mol. The number of ketones is 1. The molecule has 1 rings (SSSR count). The predicted molar refractivity (Wildman–Crippen MR) is 44.6 cm³/mol. The maximum atomic E-state index is 11.4. The molecule has 62 valence electrons. The summed E-state index contributed by atoms with van der Waals surface area (Å²) in [6.45, 7) is 6.98. The molecule has 1 aliphatic rings. The fourth-order valence-corrected chi connectivity index (χ4v) is 1.30. The molecule has 1 unspecified atom stereocenters. The summed E-state index contributed by atoms with van der Waals surface area (Å²) in [5, 5.41) is 0. The third kappa shape index (κ3) is 1.36. The van der Waals surface area contributed by atoms with Gasteiger partial charge in [0.2, 0.25) is 5.78 Å². The molecule has 0 spiro atoms. The van der Waals surface area contributed by atoms with Crippen molar-refractivity contribution in [2.45, 2.75) is 26.3 Å². The molecule has 0 fully saturated rings. The van der Waals surface area contributed by atoms with Gasteiger partial charge in [-0.15, -0.1) is 0 Å². The van der Waals surface area contributed by atoms with Crippen LogP contribution in [-0.4, -0.2) is 24.9 Å². The molecule has 0 bridgehead atoms. The molecule has 11 heavy (non-hydrogen) atoms. The highest BCUT2D eigenvalue weighted by atomic mass is 16.1. The molecule has 0 aromatic rings. The Bertz CT molecular complexity index is 216. The second-order valence-electron chi connectivity index (χ2n) is 3.94. The maximum Gasteiger partial charge on any atom is 0.215 e. The molecule has 0 aromatic heterocycles. The molecule has 1 N–H and O–H groups in total. The fraction of sp³-hybridized carbons (Fsp3) is 0.667. The van der Waals surface area contributed by atoms with Crippen molar-refractivity contribution in [1.82, 2.24) is 0 Å². The van der Waals surface area contributed by atoms with E-state index in [-0.39, 0.29) is 11.3 Å². The maximum absolute atomic E-state index is 11.4. The van der Waals surface area contributed by atoms with E-state index >= 15 is 0 Å². The second kappa shape index (κ2) is 2.45. The first-order chi connectivity index (χ1) is 4.94. The molecule has 0 radical (unpaired) electrons. The van der Waals surface area contributed by atoms with Gasteiger partial charge in [-0.3, -0.25) is 4.79 Å². The summed E-state index contributed by atoms with van der Waals surface area (Å²) in [5.41, 5.74) is 0.964. The molecule has 1 atom stereocenters. The van der Waals surface area contributed by atoms with E-state index in [1.54, 1.807) is 6.08 Å². The quantitative estimate of drug-likeness (QED) is 0.513. The minimum Gasteiger partial charge on any atom is -0.323 e. The van der Waals surface area contributed by atoms with Gasteiger partial charge < -0.3 is 4.90 Å². The van der Waals surface area contributed by atoms with E-state index in [4.69, 9.17) is 0 Å². The zero-order valence-corrected chi connectivity index (χ0v) is 7.69. The smallest absolute Gasteiger partial charge is 0.215 e. The van der Waals surface area contributed by atoms with E-state index in [1.165, 1.54) is 10.5 Å². The van der Waals surface area contributed by atoms with E-state index < -0.39 is 0 Å². The fourth-order valence-electron chi connectivity index (χ4n) is 1.30. The lowest BCUT2D eigenvalue weighted by Crippen LogP contribution is -3.18. The van der Waals surface area contributed by atoms with Crippen molar-refractivity contribution in [3.8, 4) is 0 Å². The van der Waals surface area contributed by atoms with Gasteiger partial charge in [0.05, 0.1) is 13.6 Å². The Morgan fingerprint density at radius 1 is 1.55 bits per heavy atom. The van der Waals surface area contributed by atoms with Crippen molar-refractivity contribution in [3.05, 3.63) is 11.6 Å². The number of carbonyl (C=O) groups excluding carboxylic acids is 1. The van der Waals surface area contributed by atoms with E-state index in [2.05, 4.69) is 7.05 Å². The number of nitrogens with one attached hydrogen (secondary N) is 1. The molecule has 2 heteroatoms. The summed E-state index contributed by atoms with van der Waals surface area (Å²) in [4.78, 5) is 12.7. The van der Waals surface area contributed by atoms with Gasteiger partial charge in [-0.25, -0.2) is 0 Å². The van der Waals surface area contributed by atoms with Crippen LogP contribution in [0, 0.1) is 0 Å². The van der Waals surface area contributed by atoms with Gasteiger partial charge in [0.1, 0.15) is 0 Å². The van der Waals surface area contributed by atoms with Crippen molar-refractivity contribution < 1.29 is 9.69 Å². The third-order valence-electron chi connectivity index (χ3n) is 2.60. The van der Waals surface area contributed by atoms with Crippen LogP contribution >= 0.6 is 0 Å². The van der Waals surface area contributed by atoms with Gasteiger partial charge in [0, 0.05) is 0 Å². The first kappa shape index (κ1) is 8.47. The Morgan fingerprint density at radius 3 is 2.55 bits per heavy atom. The lowest BCUT2D eigenvalue weighted by molar-refractivity contribution is -0.915. The number of quaternary nitrogens is 1. The topological polar surface area (TPSA) is 21.5 Å². The van der Waals surface area contributed by atoms with Crippen LogP contribution < -0.4 is 4.90 Å². The van der Waals surface area contributed by atoms with E-state index in [9.17, 15) is 4.79 Å². The molecule has 1 aliphatic heterocycles. The highest BCUT2D eigenvalue weighted by Crippen LogP contribution is 2.06. The van der Waals surface area contributed by atoms with Gasteiger partial charge in [-0.2, -0.15) is 0 Å². The Balaban J connectivity index is 2.96. The standard InChI is InChI=1S/C9H15NO/c1-7-5-8(11)9(2,3)10(4)6-7/h5H,6H2,1-4H3/p+1. The van der Waals surface area contributed by atoms with Crippen molar-refractivity contribution in [2.24, 2.45) is 0 Å². The number of rotatable bonds is 0. The number of likely N-dealkylation sites (N-methyl/N-ethyl adjacent to an activating group) is 1. The number of hydrogen-bond donors (Lipinski definition) is 1. The first-order valence-electron chi connectivity index (χ1n) is 3.99. The molecule has 1 heterocycles. The zero-order chi connectivity index (χ0) is 8.65. The largest absolute Gasteiger partial charge is 0.323 e. The van der Waals surface area contributed by atoms with Crippen LogP contribution in [-0.2, 0) is 4.79 Å². The molecule has 2 nitrogen and oxygen atoms in total. The van der Waals surface area contributed by atoms with Gasteiger partial charge >= 0.3 is 0 Å². The average Bonchev–Trinajstić information content (AvgIpc) is 1.84. The van der Waals surface area contributed by atoms with Crippen LogP contribution in [0.2, 0.25) is 0 Å². The van der Waals surface area contributed by atoms with Crippen LogP contribution in [0.1, 0.15) is 20.8 Å². The predicted octanol–water partition coefficient (Wildman–Crippen LogP) is -0.191. The monoisotopic (exact) mass is 154 g/mol. The minimum absolute atomic E-state index is 0.223. The SMILES string of the molecule is CC1=CC(=O)C(C)(C)[NH+](C)C1. The second-order valence-corrected chi connectivity index (χ2v) is 3.94.